The second kappa shape index (κ2) is 10.5. The van der Waals surface area contributed by atoms with Crippen molar-refractivity contribution < 1.29 is 38.2 Å². The predicted molar refractivity (Wildman–Crippen MR) is 114 cm³/mol. The number of β-lactam (4-membered cyclic amide) rings is 1. The van der Waals surface area contributed by atoms with Gasteiger partial charge in [-0.25, -0.2) is 4.79 Å². The maximum atomic E-state index is 12.5. The van der Waals surface area contributed by atoms with Crippen molar-refractivity contribution in [2.45, 2.75) is 45.9 Å². The number of amides is 2. The van der Waals surface area contributed by atoms with E-state index in [2.05, 4.69) is 4.74 Å². The second-order valence-electron chi connectivity index (χ2n) is 8.30. The summed E-state index contributed by atoms with van der Waals surface area (Å²) in [5.74, 6) is -5.24. The van der Waals surface area contributed by atoms with Gasteiger partial charge in [-0.05, 0) is 33.3 Å². The lowest BCUT2D eigenvalue weighted by Crippen LogP contribution is -2.64. The normalized spacial score (nSPS) is 17.9. The van der Waals surface area contributed by atoms with Gasteiger partial charge in [0.15, 0.2) is 5.12 Å². The van der Waals surface area contributed by atoms with Crippen LogP contribution >= 0.6 is 11.8 Å². The molecule has 1 heterocycles. The Morgan fingerprint density at radius 3 is 2.22 bits per heavy atom. The molecule has 0 aliphatic carbocycles. The molecule has 1 aliphatic heterocycles. The summed E-state index contributed by atoms with van der Waals surface area (Å²) in [4.78, 5) is 73.3. The highest BCUT2D eigenvalue weighted by Crippen LogP contribution is 2.38. The molecule has 0 unspecified atom stereocenters. The van der Waals surface area contributed by atoms with Crippen LogP contribution in [-0.2, 0) is 44.7 Å². The molecule has 0 bridgehead atoms. The molecule has 0 N–H and O–H groups in total. The second-order valence-corrected chi connectivity index (χ2v) is 9.47. The smallest absolute Gasteiger partial charge is 0.400 e. The Balaban J connectivity index is 2.03. The van der Waals surface area contributed by atoms with E-state index < -0.39 is 47.3 Å². The standard InChI is InChI=1S/C22H25NO8S/c1-13(24)10-15-17(26)23(18(27)20(28)30-12-31-21(29)22(2,3)4)19(15)32-16(25)11-14-8-6-5-7-9-14/h5-9,15,19H,10-12H2,1-4H3/t15-,19+/m0/s1. The van der Waals surface area contributed by atoms with Crippen LogP contribution in [0.25, 0.3) is 0 Å². The number of nitrogens with zero attached hydrogens (tertiary/aromatic N) is 1. The van der Waals surface area contributed by atoms with Crippen molar-refractivity contribution in [1.82, 2.24) is 4.90 Å². The summed E-state index contributed by atoms with van der Waals surface area (Å²) >= 11 is 0.721. The van der Waals surface area contributed by atoms with E-state index in [0.29, 0.717) is 4.90 Å². The molecule has 0 saturated carbocycles. The molecule has 1 saturated heterocycles. The summed E-state index contributed by atoms with van der Waals surface area (Å²) in [5.41, 5.74) is -0.0818. The number of rotatable bonds is 7. The summed E-state index contributed by atoms with van der Waals surface area (Å²) in [6.07, 6.45) is -0.102. The summed E-state index contributed by atoms with van der Waals surface area (Å²) < 4.78 is 9.43. The molecule has 1 fully saturated rings. The van der Waals surface area contributed by atoms with Crippen LogP contribution in [0.1, 0.15) is 39.7 Å². The Morgan fingerprint density at radius 1 is 1.03 bits per heavy atom. The van der Waals surface area contributed by atoms with Gasteiger partial charge in [-0.2, -0.15) is 0 Å². The minimum absolute atomic E-state index is 0.0538. The van der Waals surface area contributed by atoms with E-state index in [1.54, 1.807) is 51.1 Å². The van der Waals surface area contributed by atoms with Gasteiger partial charge in [0, 0.05) is 12.8 Å². The minimum Gasteiger partial charge on any atom is -0.427 e. The maximum absolute atomic E-state index is 12.5. The summed E-state index contributed by atoms with van der Waals surface area (Å²) in [5, 5.41) is -1.33. The number of hydrogen-bond acceptors (Lipinski definition) is 9. The van der Waals surface area contributed by atoms with E-state index >= 15 is 0 Å². The molecule has 1 aromatic carbocycles. The lowest BCUT2D eigenvalue weighted by atomic mass is 9.92. The van der Waals surface area contributed by atoms with Gasteiger partial charge in [0.2, 0.25) is 12.7 Å². The van der Waals surface area contributed by atoms with Crippen molar-refractivity contribution >= 4 is 46.4 Å². The first-order chi connectivity index (χ1) is 14.9. The topological polar surface area (TPSA) is 124 Å². The van der Waals surface area contributed by atoms with Crippen LogP contribution in [0.15, 0.2) is 30.3 Å². The highest BCUT2D eigenvalue weighted by atomic mass is 32.2. The molecule has 32 heavy (non-hydrogen) atoms. The lowest BCUT2D eigenvalue weighted by molar-refractivity contribution is -0.182. The number of hydrogen-bond donors (Lipinski definition) is 0. The number of ether oxygens (including phenoxy) is 2. The number of esters is 2. The number of benzene rings is 1. The molecular formula is C22H25NO8S. The third-order valence-electron chi connectivity index (χ3n) is 4.49. The van der Waals surface area contributed by atoms with Gasteiger partial charge in [-0.15, -0.1) is 0 Å². The number of Topliss-reactive ketones (excluding diaryl/α,β-unsaturated/α-hetero) is 1. The predicted octanol–water partition coefficient (Wildman–Crippen LogP) is 1.87. The first-order valence-corrected chi connectivity index (χ1v) is 10.7. The highest BCUT2D eigenvalue weighted by molar-refractivity contribution is 8.14. The third-order valence-corrected chi connectivity index (χ3v) is 5.68. The summed E-state index contributed by atoms with van der Waals surface area (Å²) in [6.45, 7) is 5.31. The molecular weight excluding hydrogens is 438 g/mol. The zero-order valence-corrected chi connectivity index (χ0v) is 19.1. The maximum Gasteiger partial charge on any atom is 0.400 e. The lowest BCUT2D eigenvalue weighted by Gasteiger charge is -2.43. The van der Waals surface area contributed by atoms with Crippen molar-refractivity contribution in [3.63, 3.8) is 0 Å². The monoisotopic (exact) mass is 463 g/mol. The van der Waals surface area contributed by atoms with Crippen molar-refractivity contribution in [2.24, 2.45) is 11.3 Å². The molecule has 2 rings (SSSR count). The van der Waals surface area contributed by atoms with E-state index in [1.165, 1.54) is 6.92 Å². The van der Waals surface area contributed by atoms with E-state index in [1.807, 2.05) is 0 Å². The van der Waals surface area contributed by atoms with Gasteiger partial charge < -0.3 is 14.3 Å². The van der Waals surface area contributed by atoms with Crippen LogP contribution in [0.4, 0.5) is 0 Å². The minimum atomic E-state index is -1.40. The van der Waals surface area contributed by atoms with Crippen LogP contribution in [0.3, 0.4) is 0 Å². The molecule has 1 aliphatic rings. The van der Waals surface area contributed by atoms with Crippen molar-refractivity contribution in [3.8, 4) is 0 Å². The Kier molecular flexibility index (Phi) is 8.31. The van der Waals surface area contributed by atoms with Crippen molar-refractivity contribution in [1.29, 1.82) is 0 Å². The van der Waals surface area contributed by atoms with Gasteiger partial charge in [-0.1, -0.05) is 42.1 Å². The molecule has 0 spiro atoms. The van der Waals surface area contributed by atoms with E-state index in [4.69, 9.17) is 4.74 Å². The SMILES string of the molecule is CC(=O)C[C@H]1C(=O)N(C(=O)C(=O)OCOC(=O)C(C)(C)C)[C@@H]1SC(=O)Cc1ccccc1. The van der Waals surface area contributed by atoms with Crippen LogP contribution in [0, 0.1) is 11.3 Å². The van der Waals surface area contributed by atoms with Crippen LogP contribution in [-0.4, -0.2) is 51.7 Å². The number of thioether (sulfide) groups is 1. The molecule has 10 heteroatoms. The highest BCUT2D eigenvalue weighted by Gasteiger charge is 2.54. The van der Waals surface area contributed by atoms with E-state index in [-0.39, 0.29) is 23.7 Å². The van der Waals surface area contributed by atoms with Crippen molar-refractivity contribution in [2.75, 3.05) is 6.79 Å². The summed E-state index contributed by atoms with van der Waals surface area (Å²) in [7, 11) is 0. The van der Waals surface area contributed by atoms with Crippen LogP contribution < -0.4 is 0 Å². The van der Waals surface area contributed by atoms with E-state index in [0.717, 1.165) is 17.3 Å². The fourth-order valence-electron chi connectivity index (χ4n) is 2.82. The molecule has 0 aromatic heterocycles. The number of carbonyl (C=O) groups excluding carboxylic acids is 6. The van der Waals surface area contributed by atoms with Crippen LogP contribution in [0.5, 0.6) is 0 Å². The molecule has 0 radical (unpaired) electrons. The fraction of sp³-hybridized carbons (Fsp3) is 0.455. The first kappa shape index (κ1) is 25.3. The Morgan fingerprint density at radius 2 is 1.66 bits per heavy atom. The van der Waals surface area contributed by atoms with Crippen molar-refractivity contribution in [3.05, 3.63) is 35.9 Å². The number of carbonyl (C=O) groups is 6. The zero-order chi connectivity index (χ0) is 24.1. The van der Waals surface area contributed by atoms with E-state index in [9.17, 15) is 28.8 Å². The van der Waals surface area contributed by atoms with Gasteiger partial charge in [0.1, 0.15) is 11.2 Å². The molecule has 2 atom stereocenters. The quantitative estimate of drug-likeness (QED) is 0.258. The van der Waals surface area contributed by atoms with Gasteiger partial charge in [0.25, 0.3) is 0 Å². The number of likely N-dealkylation sites (tertiary alicyclic amines) is 1. The average molecular weight is 464 g/mol. The third kappa shape index (κ3) is 6.49. The Bertz CT molecular complexity index is 922. The van der Waals surface area contributed by atoms with Gasteiger partial charge in [-0.3, -0.25) is 24.1 Å². The average Bonchev–Trinajstić information content (AvgIpc) is 2.71. The number of imide groups is 1. The molecule has 9 nitrogen and oxygen atoms in total. The Hall–Kier alpha value is -3.01. The fourth-order valence-corrected chi connectivity index (χ4v) is 4.03. The zero-order valence-electron chi connectivity index (χ0n) is 18.3. The van der Waals surface area contributed by atoms with Gasteiger partial charge in [0.05, 0.1) is 11.3 Å². The first-order valence-electron chi connectivity index (χ1n) is 9.86. The Labute approximate surface area is 189 Å². The molecule has 2 amide bonds. The largest absolute Gasteiger partial charge is 0.427 e. The molecule has 172 valence electrons. The van der Waals surface area contributed by atoms with Crippen LogP contribution in [0.2, 0.25) is 0 Å². The summed E-state index contributed by atoms with van der Waals surface area (Å²) in [6, 6.07) is 8.88. The van der Waals surface area contributed by atoms with Gasteiger partial charge >= 0.3 is 17.8 Å². The number of ketones is 1. The molecule has 1 aromatic rings.